The van der Waals surface area contributed by atoms with Crippen molar-refractivity contribution in [3.05, 3.63) is 244 Å². The number of thioether (sulfide) groups is 4. The molecule has 0 saturated heterocycles. The molecule has 2 N–H and O–H groups in total. The number of nitrogens with zero attached hydrogens (tertiary/aromatic N) is 7. The van der Waals surface area contributed by atoms with Crippen LogP contribution in [0.3, 0.4) is 0 Å². The molecule has 2 heterocycles. The van der Waals surface area contributed by atoms with E-state index in [1.54, 1.807) is 11.5 Å². The van der Waals surface area contributed by atoms with Gasteiger partial charge in [-0.3, -0.25) is 38.6 Å². The van der Waals surface area contributed by atoms with Gasteiger partial charge in [-0.05, 0) is 136 Å². The van der Waals surface area contributed by atoms with Crippen molar-refractivity contribution in [1.29, 1.82) is 0 Å². The predicted octanol–water partition coefficient (Wildman–Crippen LogP) is 2.98. The SMILES string of the molecule is [Br-].[Br-].[C-]#[N+]C(C)(CCC(=O)OCC[N+](CC)(CC)Cc1cc#ccc1)SC(=S)c1ccccc1.[C-]#[N+]C(C)(CCC(=O)OCC[NH+](C(C)C)C(C)C)SC(=S)c1ccccc1.[C-]#[N+]C(C)(CCC(=O)OCC[NH+](C)C)SC(=S)c1ccccc1.[C-]#[N+]C(C)(CCC(=O)OCC[n+]1ccccc1)SC(=S)n1cccc1.[Cl-].[Cl-]. The number of carbonyl (C=O) groups excluding carboxylic acids is 4. The van der Waals surface area contributed by atoms with Gasteiger partial charge in [0.25, 0.3) is 19.5 Å². The van der Waals surface area contributed by atoms with Crippen molar-refractivity contribution in [2.45, 2.75) is 165 Å². The summed E-state index contributed by atoms with van der Waals surface area (Å²) < 4.78 is 28.6. The summed E-state index contributed by atoms with van der Waals surface area (Å²) in [6.07, 6.45) is 9.99. The van der Waals surface area contributed by atoms with Crippen LogP contribution in [0, 0.1) is 38.4 Å². The molecule has 6 aromatic rings. The number of quaternary nitrogens is 3. The van der Waals surface area contributed by atoms with Crippen LogP contribution in [0.25, 0.3) is 19.4 Å². The molecule has 0 fully saturated rings. The molecule has 17 nitrogen and oxygen atoms in total. The zero-order valence-corrected chi connectivity index (χ0v) is 76.6. The van der Waals surface area contributed by atoms with Crippen molar-refractivity contribution in [3.8, 4) is 0 Å². The molecule has 602 valence electrons. The third-order valence-electron chi connectivity index (χ3n) is 17.0. The van der Waals surface area contributed by atoms with Crippen LogP contribution in [0.2, 0.25) is 0 Å². The molecule has 2 aromatic heterocycles. The number of thiocarbonyl (C=S) groups is 4. The van der Waals surface area contributed by atoms with Crippen LogP contribution in [-0.4, -0.2) is 155 Å². The molecule has 4 unspecified atom stereocenters. The summed E-state index contributed by atoms with van der Waals surface area (Å²) in [5.41, 5.74) is 3.99. The van der Waals surface area contributed by atoms with Crippen LogP contribution in [-0.2, 0) is 51.2 Å². The molecule has 111 heavy (non-hydrogen) atoms. The van der Waals surface area contributed by atoms with Crippen molar-refractivity contribution in [3.63, 3.8) is 0 Å². The third-order valence-corrected chi connectivity index (χ3v) is 23.5. The summed E-state index contributed by atoms with van der Waals surface area (Å²) in [7, 11) is 4.01. The van der Waals surface area contributed by atoms with Crippen molar-refractivity contribution in [1.82, 2.24) is 4.57 Å². The minimum atomic E-state index is -0.792. The molecule has 0 aliphatic rings. The summed E-state index contributed by atoms with van der Waals surface area (Å²) in [6.45, 7) is 57.6. The molecule has 0 bridgehead atoms. The maximum Gasteiger partial charge on any atom is 0.306 e. The number of carbonyl (C=O) groups is 4. The minimum Gasteiger partial charge on any atom is -1.00 e. The van der Waals surface area contributed by atoms with Gasteiger partial charge in [-0.15, -0.1) is 0 Å². The summed E-state index contributed by atoms with van der Waals surface area (Å²) in [5, 5.41) is 0. The second kappa shape index (κ2) is 58.1. The van der Waals surface area contributed by atoms with Crippen LogP contribution in [0.15, 0.2) is 164 Å². The molecule has 6 rings (SSSR count). The van der Waals surface area contributed by atoms with E-state index in [0.29, 0.717) is 87.6 Å². The Bertz CT molecular complexity index is 3890. The molecule has 0 spiro atoms. The Morgan fingerprint density at radius 1 is 0.514 bits per heavy atom. The van der Waals surface area contributed by atoms with E-state index in [1.807, 2.05) is 198 Å². The Hall–Kier alpha value is -5.85. The van der Waals surface area contributed by atoms with Crippen molar-refractivity contribution >= 4 is 137 Å². The van der Waals surface area contributed by atoms with Crippen molar-refractivity contribution in [2.24, 2.45) is 0 Å². The van der Waals surface area contributed by atoms with Crippen molar-refractivity contribution in [2.75, 3.05) is 73.2 Å². The van der Waals surface area contributed by atoms with Gasteiger partial charge in [0, 0.05) is 83.5 Å². The summed E-state index contributed by atoms with van der Waals surface area (Å²) in [6, 6.07) is 51.3. The number of halogens is 4. The fourth-order valence-electron chi connectivity index (χ4n) is 10.1. The molecular formula is C82H105Br2Cl2N9O8S8. The van der Waals surface area contributed by atoms with Crippen LogP contribution in [0.5, 0.6) is 0 Å². The standard InChI is InChI=1S/C26H31N2O2S2.C21H30N2O2S2.C18H20N3O2S2.C17H22N2O2S2.2BrH.2ClH/c1-5-28(6-2,21-22-13-9-7-10-14-22)19-20-30-24(29)17-18-26(3,27-4)32-25(31)23-15-11-8-12-16-23;1-16(2)23(17(3)4)14-15-25-19(24)12-13-21(5,22-6)27-20(26)18-10-8-7-9-11-18;1-18(19-2,25-17(24)21-12-6-7-13-21)9-8-16(22)23-15-14-20-10-4-3-5-11-20;1-17(18-2,11-10-15(20)21-13-12-19(3)4)23-16(22)14-8-6-5-7-9-14;;;;/h8-9,11-16H,5-6,17-21H2,1-3H3;7-11,16-17H,12-15H2,1-5H3;3-7,10-13H,8-9,14-15H2,1H3;5-9H,10-13H2,1,3-4H3;4*1H/q+1;;+1;;;;;/p-2. The average Bonchev–Trinajstić information content (AvgIpc) is 1.53. The minimum absolute atomic E-state index is 0. The fourth-order valence-corrected chi connectivity index (χ4v) is 16.4. The van der Waals surface area contributed by atoms with E-state index >= 15 is 0 Å². The quantitative estimate of drug-likeness (QED) is 0.0148. The number of pyridine rings is 1. The molecular weight excluding hydrogens is 1730 g/mol. The number of rotatable bonds is 37. The first kappa shape index (κ1) is 107. The molecule has 29 heteroatoms. The van der Waals surface area contributed by atoms with Crippen LogP contribution < -0.4 is 73.1 Å². The van der Waals surface area contributed by atoms with E-state index < -0.39 is 19.5 Å². The Labute approximate surface area is 733 Å². The lowest BCUT2D eigenvalue weighted by atomic mass is 10.2. The lowest BCUT2D eigenvalue weighted by molar-refractivity contribution is -0.942. The Morgan fingerprint density at radius 3 is 1.21 bits per heavy atom. The summed E-state index contributed by atoms with van der Waals surface area (Å²) >= 11 is 27.1. The number of aromatic nitrogens is 2. The number of esters is 4. The van der Waals surface area contributed by atoms with Crippen LogP contribution >= 0.6 is 95.9 Å². The van der Waals surface area contributed by atoms with Gasteiger partial charge in [-0.2, -0.15) is 0 Å². The van der Waals surface area contributed by atoms with E-state index in [2.05, 4.69) is 79.1 Å². The highest BCUT2D eigenvalue weighted by Crippen LogP contribution is 2.38. The number of hydrogen-bond donors (Lipinski definition) is 2. The molecule has 0 aliphatic heterocycles. The van der Waals surface area contributed by atoms with Crippen LogP contribution in [0.1, 0.15) is 143 Å². The van der Waals surface area contributed by atoms with Gasteiger partial charge in [0.2, 0.25) is 0 Å². The van der Waals surface area contributed by atoms with Crippen LogP contribution in [0.4, 0.5) is 0 Å². The lowest BCUT2D eigenvalue weighted by Gasteiger charge is -2.36. The van der Waals surface area contributed by atoms with Gasteiger partial charge < -0.3 is 96.6 Å². The number of ether oxygens (including phenoxy) is 4. The zero-order valence-electron chi connectivity index (χ0n) is 65.4. The molecule has 0 radical (unpaired) electrons. The van der Waals surface area contributed by atoms with Crippen molar-refractivity contribution < 1.29 is 116 Å². The molecule has 0 amide bonds. The number of benzene rings is 3. The summed E-state index contributed by atoms with van der Waals surface area (Å²) in [4.78, 5) is 62.6. The van der Waals surface area contributed by atoms with E-state index in [-0.39, 0.29) is 108 Å². The number of likely N-dealkylation sites (N-methyl/N-ethyl adjacent to an activating group) is 2. The average molecular weight is 1830 g/mol. The highest BCUT2D eigenvalue weighted by atomic mass is 79.9. The molecule has 4 aromatic carbocycles. The maximum absolute atomic E-state index is 12.4. The predicted molar refractivity (Wildman–Crippen MR) is 452 cm³/mol. The van der Waals surface area contributed by atoms with Gasteiger partial charge in [-0.25, -0.2) is 30.9 Å². The zero-order chi connectivity index (χ0) is 79.3. The lowest BCUT2D eigenvalue weighted by Crippen LogP contribution is -3.18. The number of hydrogen-bond acceptors (Lipinski definition) is 16. The fraction of sp³-hybridized carbons (Fsp3) is 0.451. The molecule has 0 aliphatic carbocycles. The van der Waals surface area contributed by atoms with Gasteiger partial charge in [0.05, 0.1) is 77.5 Å². The van der Waals surface area contributed by atoms with Gasteiger partial charge >= 0.3 is 23.9 Å². The monoisotopic (exact) mass is 1830 g/mol. The normalized spacial score (nSPS) is 12.6. The highest BCUT2D eigenvalue weighted by molar-refractivity contribution is 8.25. The largest absolute Gasteiger partial charge is 1.00 e. The first-order valence-electron chi connectivity index (χ1n) is 35.6. The number of nitrogens with one attached hydrogen (secondary N) is 2. The maximum atomic E-state index is 12.4. The second-order valence-corrected chi connectivity index (χ2v) is 35.2. The Morgan fingerprint density at radius 2 is 0.865 bits per heavy atom. The van der Waals surface area contributed by atoms with E-state index in [1.165, 1.54) is 62.4 Å². The van der Waals surface area contributed by atoms with E-state index in [0.717, 1.165) is 60.4 Å². The van der Waals surface area contributed by atoms with Gasteiger partial charge in [0.1, 0.15) is 46.0 Å². The topological polar surface area (TPSA) is 140 Å². The molecule has 0 saturated carbocycles. The third kappa shape index (κ3) is 44.0. The highest BCUT2D eigenvalue weighted by Gasteiger charge is 2.38. The Kier molecular flexibility index (Phi) is 56.1. The Balaban J connectivity index is 0. The smallest absolute Gasteiger partial charge is 0.306 e. The van der Waals surface area contributed by atoms with E-state index in [9.17, 15) is 19.2 Å². The first-order chi connectivity index (χ1) is 50.9. The first-order valence-corrected chi connectivity index (χ1v) is 40.5. The second-order valence-electron chi connectivity index (χ2n) is 26.7. The summed E-state index contributed by atoms with van der Waals surface area (Å²) in [5.74, 6) is -1.06. The van der Waals surface area contributed by atoms with Gasteiger partial charge in [0.15, 0.2) is 29.9 Å². The van der Waals surface area contributed by atoms with Gasteiger partial charge in [-0.1, -0.05) is 158 Å². The molecule has 4 atom stereocenters. The van der Waals surface area contributed by atoms with E-state index in [4.69, 9.17) is 94.1 Å².